The minimum absolute atomic E-state index is 0.135. The van der Waals surface area contributed by atoms with Crippen LogP contribution in [0.1, 0.15) is 18.5 Å². The lowest BCUT2D eigenvalue weighted by molar-refractivity contribution is 0.568. The second-order valence-electron chi connectivity index (χ2n) is 4.25. The molecule has 1 saturated carbocycles. The Bertz CT molecular complexity index is 555. The first-order valence-corrected chi connectivity index (χ1v) is 5.67. The normalized spacial score (nSPS) is 15.1. The summed E-state index contributed by atoms with van der Waals surface area (Å²) in [7, 11) is 0. The van der Waals surface area contributed by atoms with Crippen LogP contribution in [0.15, 0.2) is 33.9 Å². The van der Waals surface area contributed by atoms with Crippen molar-refractivity contribution in [3.8, 4) is 11.4 Å². The number of H-pyrrole nitrogens is 1. The minimum Gasteiger partial charge on any atom is -0.472 e. The molecule has 0 aromatic carbocycles. The summed E-state index contributed by atoms with van der Waals surface area (Å²) in [4.78, 5) is 18.6. The molecule has 5 heteroatoms. The molecule has 3 rings (SSSR count). The SMILES string of the molecule is O=c1cc(CNC2CC2)nc(-c2ccoc2)[nH]1. The maximum Gasteiger partial charge on any atom is 0.251 e. The van der Waals surface area contributed by atoms with Crippen LogP contribution in [0.3, 0.4) is 0 Å². The van der Waals surface area contributed by atoms with Gasteiger partial charge in [0.15, 0.2) is 0 Å². The zero-order chi connectivity index (χ0) is 11.7. The average Bonchev–Trinajstić information content (AvgIpc) is 2.98. The molecule has 0 radical (unpaired) electrons. The highest BCUT2D eigenvalue weighted by Crippen LogP contribution is 2.19. The van der Waals surface area contributed by atoms with Gasteiger partial charge in [-0.2, -0.15) is 0 Å². The fourth-order valence-electron chi connectivity index (χ4n) is 1.67. The maximum absolute atomic E-state index is 11.5. The number of nitrogens with zero attached hydrogens (tertiary/aromatic N) is 1. The van der Waals surface area contributed by atoms with Crippen LogP contribution < -0.4 is 10.9 Å². The summed E-state index contributed by atoms with van der Waals surface area (Å²) >= 11 is 0. The maximum atomic E-state index is 11.5. The van der Waals surface area contributed by atoms with Crippen LogP contribution in [0.4, 0.5) is 0 Å². The highest BCUT2D eigenvalue weighted by molar-refractivity contribution is 5.52. The van der Waals surface area contributed by atoms with E-state index < -0.39 is 0 Å². The molecule has 0 aliphatic heterocycles. The molecule has 0 saturated heterocycles. The minimum atomic E-state index is -0.135. The second kappa shape index (κ2) is 4.18. The van der Waals surface area contributed by atoms with Crippen LogP contribution in [-0.2, 0) is 6.54 Å². The van der Waals surface area contributed by atoms with Crippen LogP contribution in [0.5, 0.6) is 0 Å². The second-order valence-corrected chi connectivity index (χ2v) is 4.25. The van der Waals surface area contributed by atoms with Gasteiger partial charge in [-0.05, 0) is 18.9 Å². The molecule has 0 bridgehead atoms. The number of aromatic amines is 1. The smallest absolute Gasteiger partial charge is 0.251 e. The van der Waals surface area contributed by atoms with Gasteiger partial charge in [0.25, 0.3) is 5.56 Å². The Balaban J connectivity index is 1.86. The monoisotopic (exact) mass is 231 g/mol. The lowest BCUT2D eigenvalue weighted by Gasteiger charge is -2.03. The van der Waals surface area contributed by atoms with Gasteiger partial charge in [0, 0.05) is 18.7 Å². The Kier molecular flexibility index (Phi) is 2.53. The van der Waals surface area contributed by atoms with Crippen molar-refractivity contribution in [2.24, 2.45) is 0 Å². The van der Waals surface area contributed by atoms with E-state index >= 15 is 0 Å². The first-order chi connectivity index (χ1) is 8.31. The summed E-state index contributed by atoms with van der Waals surface area (Å²) in [5.74, 6) is 0.554. The summed E-state index contributed by atoms with van der Waals surface area (Å²) in [6.45, 7) is 0.638. The molecule has 2 N–H and O–H groups in total. The highest BCUT2D eigenvalue weighted by atomic mass is 16.3. The van der Waals surface area contributed by atoms with Crippen molar-refractivity contribution in [2.75, 3.05) is 0 Å². The number of hydrogen-bond donors (Lipinski definition) is 2. The third kappa shape index (κ3) is 2.45. The van der Waals surface area contributed by atoms with E-state index in [0.29, 0.717) is 18.4 Å². The molecular weight excluding hydrogens is 218 g/mol. The van der Waals surface area contributed by atoms with Gasteiger partial charge in [0.2, 0.25) is 0 Å². The molecule has 0 atom stereocenters. The van der Waals surface area contributed by atoms with Crippen molar-refractivity contribution in [1.82, 2.24) is 15.3 Å². The topological polar surface area (TPSA) is 70.9 Å². The van der Waals surface area contributed by atoms with Crippen molar-refractivity contribution < 1.29 is 4.42 Å². The Labute approximate surface area is 97.9 Å². The summed E-state index contributed by atoms with van der Waals surface area (Å²) in [5.41, 5.74) is 1.41. The fourth-order valence-corrected chi connectivity index (χ4v) is 1.67. The molecule has 0 unspecified atom stereocenters. The van der Waals surface area contributed by atoms with Gasteiger partial charge in [-0.1, -0.05) is 0 Å². The van der Waals surface area contributed by atoms with Crippen molar-refractivity contribution in [3.05, 3.63) is 40.7 Å². The molecule has 17 heavy (non-hydrogen) atoms. The zero-order valence-corrected chi connectivity index (χ0v) is 9.27. The lowest BCUT2D eigenvalue weighted by atomic mass is 10.3. The van der Waals surface area contributed by atoms with E-state index in [4.69, 9.17) is 4.42 Å². The van der Waals surface area contributed by atoms with Gasteiger partial charge in [0.1, 0.15) is 12.1 Å². The Morgan fingerprint density at radius 1 is 1.53 bits per heavy atom. The van der Waals surface area contributed by atoms with Crippen LogP contribution in [-0.4, -0.2) is 16.0 Å². The summed E-state index contributed by atoms with van der Waals surface area (Å²) in [5, 5.41) is 3.33. The first kappa shape index (κ1) is 10.3. The number of aromatic nitrogens is 2. The van der Waals surface area contributed by atoms with Crippen LogP contribution >= 0.6 is 0 Å². The van der Waals surface area contributed by atoms with E-state index in [9.17, 15) is 4.79 Å². The fraction of sp³-hybridized carbons (Fsp3) is 0.333. The predicted molar refractivity (Wildman–Crippen MR) is 62.4 cm³/mol. The molecule has 88 valence electrons. The number of nitrogens with one attached hydrogen (secondary N) is 2. The number of furan rings is 1. The van der Waals surface area contributed by atoms with E-state index in [1.54, 1.807) is 18.6 Å². The van der Waals surface area contributed by atoms with Gasteiger partial charge >= 0.3 is 0 Å². The lowest BCUT2D eigenvalue weighted by Crippen LogP contribution is -2.19. The van der Waals surface area contributed by atoms with E-state index in [1.165, 1.54) is 18.9 Å². The average molecular weight is 231 g/mol. The molecule has 2 aromatic rings. The van der Waals surface area contributed by atoms with E-state index in [0.717, 1.165) is 11.3 Å². The molecule has 2 aromatic heterocycles. The highest BCUT2D eigenvalue weighted by Gasteiger charge is 2.20. The molecule has 5 nitrogen and oxygen atoms in total. The number of rotatable bonds is 4. The Morgan fingerprint density at radius 3 is 3.12 bits per heavy atom. The largest absolute Gasteiger partial charge is 0.472 e. The van der Waals surface area contributed by atoms with Crippen molar-refractivity contribution in [1.29, 1.82) is 0 Å². The van der Waals surface area contributed by atoms with Crippen molar-refractivity contribution >= 4 is 0 Å². The molecule has 1 fully saturated rings. The van der Waals surface area contributed by atoms with Gasteiger partial charge in [-0.25, -0.2) is 4.98 Å². The van der Waals surface area contributed by atoms with Crippen molar-refractivity contribution in [3.63, 3.8) is 0 Å². The Hall–Kier alpha value is -1.88. The summed E-state index contributed by atoms with van der Waals surface area (Å²) in [6.07, 6.45) is 5.57. The first-order valence-electron chi connectivity index (χ1n) is 5.67. The van der Waals surface area contributed by atoms with Crippen molar-refractivity contribution in [2.45, 2.75) is 25.4 Å². The van der Waals surface area contributed by atoms with Gasteiger partial charge < -0.3 is 14.7 Å². The van der Waals surface area contributed by atoms with Crippen LogP contribution in [0.2, 0.25) is 0 Å². The Morgan fingerprint density at radius 2 is 2.41 bits per heavy atom. The molecule has 2 heterocycles. The molecule has 1 aliphatic rings. The molecular formula is C12H13N3O2. The third-order valence-electron chi connectivity index (χ3n) is 2.74. The van der Waals surface area contributed by atoms with Gasteiger partial charge in [-0.15, -0.1) is 0 Å². The van der Waals surface area contributed by atoms with E-state index in [-0.39, 0.29) is 5.56 Å². The summed E-state index contributed by atoms with van der Waals surface area (Å²) < 4.78 is 4.98. The van der Waals surface area contributed by atoms with Crippen LogP contribution in [0.25, 0.3) is 11.4 Å². The number of hydrogen-bond acceptors (Lipinski definition) is 4. The zero-order valence-electron chi connectivity index (χ0n) is 9.27. The van der Waals surface area contributed by atoms with E-state index in [2.05, 4.69) is 15.3 Å². The van der Waals surface area contributed by atoms with Gasteiger partial charge in [-0.3, -0.25) is 4.79 Å². The molecule has 0 spiro atoms. The quantitative estimate of drug-likeness (QED) is 0.831. The predicted octanol–water partition coefficient (Wildman–Crippen LogP) is 1.28. The van der Waals surface area contributed by atoms with Crippen LogP contribution in [0, 0.1) is 0 Å². The standard InChI is InChI=1S/C12H13N3O2/c16-11-5-10(6-13-9-1-2-9)14-12(15-11)8-3-4-17-7-8/h3-5,7,9,13H,1-2,6H2,(H,14,15,16). The third-order valence-corrected chi connectivity index (χ3v) is 2.74. The van der Waals surface area contributed by atoms with E-state index in [1.807, 2.05) is 0 Å². The molecule has 0 amide bonds. The summed E-state index contributed by atoms with van der Waals surface area (Å²) in [6, 6.07) is 3.91. The molecule has 1 aliphatic carbocycles. The van der Waals surface area contributed by atoms with Gasteiger partial charge in [0.05, 0.1) is 17.5 Å².